The molecule has 192 valence electrons. The first-order chi connectivity index (χ1) is 18.5. The van der Waals surface area contributed by atoms with Gasteiger partial charge in [-0.2, -0.15) is 5.10 Å². The monoisotopic (exact) mass is 513 g/mol. The molecule has 0 aliphatic carbocycles. The summed E-state index contributed by atoms with van der Waals surface area (Å²) < 4.78 is 34.0. The van der Waals surface area contributed by atoms with Crippen LogP contribution >= 0.6 is 0 Å². The normalized spacial score (nSPS) is 16.3. The van der Waals surface area contributed by atoms with Gasteiger partial charge in [0.25, 0.3) is 0 Å². The van der Waals surface area contributed by atoms with E-state index in [0.29, 0.717) is 64.4 Å². The number of aromatic nitrogens is 6. The number of halogens is 2. The van der Waals surface area contributed by atoms with Crippen molar-refractivity contribution in [1.82, 2.24) is 29.3 Å². The number of aryl methyl sites for hydroxylation is 2. The van der Waals surface area contributed by atoms with Crippen molar-refractivity contribution in [3.63, 3.8) is 0 Å². The van der Waals surface area contributed by atoms with Crippen molar-refractivity contribution in [2.45, 2.75) is 39.0 Å². The largest absolute Gasteiger partial charge is 0.396 e. The van der Waals surface area contributed by atoms with E-state index < -0.39 is 12.0 Å². The molecule has 2 aliphatic heterocycles. The smallest absolute Gasteiger partial charge is 0.154 e. The summed E-state index contributed by atoms with van der Waals surface area (Å²) in [5, 5.41) is 12.4. The Bertz CT molecular complexity index is 1720. The van der Waals surface area contributed by atoms with Crippen LogP contribution in [0.3, 0.4) is 0 Å². The molecule has 1 aromatic carbocycles. The summed E-state index contributed by atoms with van der Waals surface area (Å²) in [7, 11) is 0. The van der Waals surface area contributed by atoms with Gasteiger partial charge in [-0.3, -0.25) is 9.67 Å². The molecular formula is C27H25F2N9. The van der Waals surface area contributed by atoms with E-state index in [-0.39, 0.29) is 5.69 Å². The maximum atomic E-state index is 15.5. The van der Waals surface area contributed by atoms with E-state index in [2.05, 4.69) is 30.2 Å². The second-order valence-corrected chi connectivity index (χ2v) is 9.77. The quantitative estimate of drug-likeness (QED) is 0.295. The number of fused-ring (bicyclic) bond motifs is 4. The fourth-order valence-corrected chi connectivity index (χ4v) is 5.43. The Morgan fingerprint density at radius 2 is 2.00 bits per heavy atom. The number of alkyl halides is 1. The van der Waals surface area contributed by atoms with Gasteiger partial charge < -0.3 is 20.9 Å². The van der Waals surface area contributed by atoms with Gasteiger partial charge in [-0.25, -0.2) is 18.7 Å². The predicted octanol–water partition coefficient (Wildman–Crippen LogP) is 4.89. The molecule has 1 unspecified atom stereocenters. The number of nitrogen functional groups attached to an aromatic ring is 1. The van der Waals surface area contributed by atoms with Crippen molar-refractivity contribution < 1.29 is 8.78 Å². The van der Waals surface area contributed by atoms with Gasteiger partial charge in [0.1, 0.15) is 17.8 Å². The van der Waals surface area contributed by atoms with E-state index >= 15 is 4.39 Å². The zero-order chi connectivity index (χ0) is 26.0. The lowest BCUT2D eigenvalue weighted by Gasteiger charge is -2.24. The summed E-state index contributed by atoms with van der Waals surface area (Å²) in [6, 6.07) is 5.57. The van der Waals surface area contributed by atoms with Crippen LogP contribution in [0.5, 0.6) is 0 Å². The van der Waals surface area contributed by atoms with Crippen molar-refractivity contribution in [3.05, 3.63) is 71.6 Å². The summed E-state index contributed by atoms with van der Waals surface area (Å²) in [5.74, 6) is 1.65. The molecule has 4 N–H and O–H groups in total. The van der Waals surface area contributed by atoms with Crippen LogP contribution in [0.1, 0.15) is 35.4 Å². The summed E-state index contributed by atoms with van der Waals surface area (Å²) in [4.78, 5) is 13.2. The average molecular weight is 514 g/mol. The Balaban J connectivity index is 1.25. The van der Waals surface area contributed by atoms with Gasteiger partial charge in [0.15, 0.2) is 11.6 Å². The second-order valence-electron chi connectivity index (χ2n) is 9.77. The highest BCUT2D eigenvalue weighted by Gasteiger charge is 2.25. The topological polar surface area (TPSA) is 112 Å². The standard InChI is InChI=1S/C27H25F2N9/c1-14-18(11-34-27-20(28)2-4-32-26(14)27)17-8-15-9-21(33-12-19(15)25(30)24(17)29)35-22-10-16-3-6-37-7-5-31-23(37)13-38(16)36-22/h5,7-12,20,32H,2-4,6,13,30H2,1H3,(H,33,35,36). The number of hydrogen-bond acceptors (Lipinski definition) is 7. The van der Waals surface area contributed by atoms with Gasteiger partial charge in [0.05, 0.1) is 23.6 Å². The minimum absolute atomic E-state index is 0.00852. The average Bonchev–Trinajstić information content (AvgIpc) is 3.48. The van der Waals surface area contributed by atoms with Crippen molar-refractivity contribution in [2.24, 2.45) is 0 Å². The second kappa shape index (κ2) is 8.51. The van der Waals surface area contributed by atoms with Gasteiger partial charge >= 0.3 is 0 Å². The number of nitrogens with zero attached hydrogens (tertiary/aromatic N) is 6. The SMILES string of the molecule is Cc1c(-c2cc3cc(Nc4cc5n(n4)Cc4nccn4CC5)ncc3c(N)c2F)cnc2c1NCCC2F. The minimum atomic E-state index is -1.13. The summed E-state index contributed by atoms with van der Waals surface area (Å²) in [5.41, 5.74) is 9.95. The van der Waals surface area contributed by atoms with Crippen LogP contribution in [0.25, 0.3) is 21.9 Å². The molecule has 0 spiro atoms. The van der Waals surface area contributed by atoms with Crippen LogP contribution in [-0.2, 0) is 19.5 Å². The Morgan fingerprint density at radius 3 is 2.89 bits per heavy atom. The van der Waals surface area contributed by atoms with Crippen LogP contribution in [-0.4, -0.2) is 35.8 Å². The van der Waals surface area contributed by atoms with E-state index in [0.717, 1.165) is 30.0 Å². The van der Waals surface area contributed by atoms with Gasteiger partial charge in [0.2, 0.25) is 0 Å². The lowest BCUT2D eigenvalue weighted by atomic mass is 9.94. The molecule has 0 saturated carbocycles. The van der Waals surface area contributed by atoms with E-state index in [9.17, 15) is 4.39 Å². The molecule has 0 saturated heterocycles. The third-order valence-corrected chi connectivity index (χ3v) is 7.47. The fraction of sp³-hybridized carbons (Fsp3) is 0.259. The number of imidazole rings is 1. The molecular weight excluding hydrogens is 488 g/mol. The number of hydrogen-bond donors (Lipinski definition) is 3. The number of benzene rings is 1. The first kappa shape index (κ1) is 22.6. The van der Waals surface area contributed by atoms with Crippen LogP contribution in [0.4, 0.5) is 31.8 Å². The maximum absolute atomic E-state index is 15.5. The molecule has 0 radical (unpaired) electrons. The molecule has 0 amide bonds. The molecule has 2 aliphatic rings. The molecule has 1 atom stereocenters. The fourth-order valence-electron chi connectivity index (χ4n) is 5.43. The van der Waals surface area contributed by atoms with Crippen molar-refractivity contribution >= 4 is 33.8 Å². The van der Waals surface area contributed by atoms with E-state index in [1.54, 1.807) is 18.5 Å². The van der Waals surface area contributed by atoms with Crippen molar-refractivity contribution in [2.75, 3.05) is 22.9 Å². The van der Waals surface area contributed by atoms with Gasteiger partial charge in [-0.05, 0) is 30.0 Å². The summed E-state index contributed by atoms with van der Waals surface area (Å²) >= 11 is 0. The highest BCUT2D eigenvalue weighted by Crippen LogP contribution is 2.40. The third-order valence-electron chi connectivity index (χ3n) is 7.47. The number of anilines is 4. The molecule has 9 nitrogen and oxygen atoms in total. The lowest BCUT2D eigenvalue weighted by molar-refractivity contribution is 0.317. The van der Waals surface area contributed by atoms with Gasteiger partial charge in [-0.1, -0.05) is 0 Å². The predicted molar refractivity (Wildman–Crippen MR) is 142 cm³/mol. The van der Waals surface area contributed by atoms with Crippen molar-refractivity contribution in [1.29, 1.82) is 0 Å². The number of nitrogens with two attached hydrogens (primary N) is 1. The van der Waals surface area contributed by atoms with Crippen LogP contribution in [0.2, 0.25) is 0 Å². The van der Waals surface area contributed by atoms with Crippen LogP contribution < -0.4 is 16.4 Å². The van der Waals surface area contributed by atoms with Gasteiger partial charge in [0, 0.05) is 79.0 Å². The summed E-state index contributed by atoms with van der Waals surface area (Å²) in [6.45, 7) is 3.79. The molecule has 7 rings (SSSR count). The van der Waals surface area contributed by atoms with E-state index in [1.165, 1.54) is 6.20 Å². The molecule has 0 fully saturated rings. The van der Waals surface area contributed by atoms with Crippen molar-refractivity contribution in [3.8, 4) is 11.1 Å². The zero-order valence-electron chi connectivity index (χ0n) is 20.7. The van der Waals surface area contributed by atoms with E-state index in [1.807, 2.05) is 29.9 Å². The van der Waals surface area contributed by atoms with Gasteiger partial charge in [-0.15, -0.1) is 0 Å². The van der Waals surface area contributed by atoms with E-state index in [4.69, 9.17) is 10.8 Å². The molecule has 5 aromatic rings. The molecule has 38 heavy (non-hydrogen) atoms. The maximum Gasteiger partial charge on any atom is 0.154 e. The molecule has 11 heteroatoms. The number of nitrogens with one attached hydrogen (secondary N) is 2. The molecule has 4 aromatic heterocycles. The number of pyridine rings is 2. The van der Waals surface area contributed by atoms with Crippen LogP contribution in [0.15, 0.2) is 43.0 Å². The summed E-state index contributed by atoms with van der Waals surface area (Å²) in [6.07, 6.45) is 6.95. The number of rotatable bonds is 3. The lowest BCUT2D eigenvalue weighted by Crippen LogP contribution is -2.17. The first-order valence-electron chi connectivity index (χ1n) is 12.6. The Labute approximate surface area is 216 Å². The van der Waals surface area contributed by atoms with Crippen LogP contribution in [0, 0.1) is 12.7 Å². The first-order valence-corrected chi connectivity index (χ1v) is 12.6. The Kier molecular flexibility index (Phi) is 5.07. The molecule has 0 bridgehead atoms. The third kappa shape index (κ3) is 3.57. The highest BCUT2D eigenvalue weighted by atomic mass is 19.1. The zero-order valence-corrected chi connectivity index (χ0v) is 20.7. The Hall–Kier alpha value is -4.54. The highest BCUT2D eigenvalue weighted by molar-refractivity contribution is 5.98. The molecule has 6 heterocycles. The Morgan fingerprint density at radius 1 is 1.11 bits per heavy atom. The minimum Gasteiger partial charge on any atom is -0.396 e.